The van der Waals surface area contributed by atoms with E-state index < -0.39 is 0 Å². The summed E-state index contributed by atoms with van der Waals surface area (Å²) in [4.78, 5) is 0. The molecule has 90 valence electrons. The van der Waals surface area contributed by atoms with Gasteiger partial charge in [-0.3, -0.25) is 0 Å². The molecule has 0 aliphatic carbocycles. The molecule has 16 heavy (non-hydrogen) atoms. The van der Waals surface area contributed by atoms with E-state index in [0.717, 1.165) is 12.1 Å². The van der Waals surface area contributed by atoms with Gasteiger partial charge in [-0.2, -0.15) is 0 Å². The van der Waals surface area contributed by atoms with Crippen molar-refractivity contribution in [2.45, 2.75) is 19.6 Å². The molecule has 0 aliphatic heterocycles. The molecule has 0 bridgehead atoms. The highest BCUT2D eigenvalue weighted by Crippen LogP contribution is 2.28. The molecule has 3 N–H and O–H groups in total. The first-order chi connectivity index (χ1) is 7.54. The van der Waals surface area contributed by atoms with Gasteiger partial charge in [-0.1, -0.05) is 23.2 Å². The van der Waals surface area contributed by atoms with Crippen LogP contribution in [0.1, 0.15) is 12.5 Å². The fraction of sp³-hybridized carbons (Fsp3) is 0.455. The molecule has 0 heterocycles. The molecule has 0 amide bonds. The van der Waals surface area contributed by atoms with Crippen LogP contribution < -0.4 is 11.1 Å². The predicted molar refractivity (Wildman–Crippen MR) is 69.1 cm³/mol. The zero-order valence-corrected chi connectivity index (χ0v) is 10.9. The minimum atomic E-state index is 0.180. The highest BCUT2D eigenvalue weighted by molar-refractivity contribution is 6.38. The molecule has 0 saturated carbocycles. The van der Waals surface area contributed by atoms with Crippen LogP contribution in [0.3, 0.4) is 0 Å². The van der Waals surface area contributed by atoms with E-state index >= 15 is 0 Å². The Hall–Kier alpha value is -0.480. The molecule has 0 radical (unpaired) electrons. The lowest BCUT2D eigenvalue weighted by Gasteiger charge is -2.11. The molecule has 1 unspecified atom stereocenters. The third kappa shape index (κ3) is 3.83. The number of benzene rings is 1. The first-order valence-corrected chi connectivity index (χ1v) is 5.77. The summed E-state index contributed by atoms with van der Waals surface area (Å²) in [6.45, 7) is 3.46. The Bertz CT molecular complexity index is 335. The number of anilines is 1. The maximum absolute atomic E-state index is 5.93. The second-order valence-corrected chi connectivity index (χ2v) is 4.46. The van der Waals surface area contributed by atoms with Crippen molar-refractivity contribution in [1.29, 1.82) is 0 Å². The highest BCUT2D eigenvalue weighted by atomic mass is 35.5. The van der Waals surface area contributed by atoms with Crippen LogP contribution in [-0.2, 0) is 11.3 Å². The summed E-state index contributed by atoms with van der Waals surface area (Å²) < 4.78 is 5.12. The number of methoxy groups -OCH3 is 1. The number of hydrogen-bond donors (Lipinski definition) is 2. The van der Waals surface area contributed by atoms with Crippen molar-refractivity contribution in [2.75, 3.05) is 19.4 Å². The number of ether oxygens (including phenoxy) is 1. The molecule has 3 nitrogen and oxygen atoms in total. The standard InChI is InChI=1S/C11H16Cl2N2O/c1-7(16-2)5-15-6-8-3-9(12)11(14)10(13)4-8/h3-4,7,15H,5-6,14H2,1-2H3. The third-order valence-electron chi connectivity index (χ3n) is 2.30. The summed E-state index contributed by atoms with van der Waals surface area (Å²) in [5, 5.41) is 4.22. The molecule has 1 aromatic rings. The Morgan fingerprint density at radius 2 is 1.94 bits per heavy atom. The molecule has 0 aromatic heterocycles. The number of nitrogens with one attached hydrogen (secondary N) is 1. The lowest BCUT2D eigenvalue weighted by Crippen LogP contribution is -2.25. The average Bonchev–Trinajstić information content (AvgIpc) is 2.25. The molecule has 0 saturated heterocycles. The van der Waals surface area contributed by atoms with Crippen LogP contribution in [0.15, 0.2) is 12.1 Å². The fourth-order valence-corrected chi connectivity index (χ4v) is 1.77. The van der Waals surface area contributed by atoms with Crippen LogP contribution in [0.5, 0.6) is 0 Å². The van der Waals surface area contributed by atoms with E-state index in [1.165, 1.54) is 0 Å². The molecule has 1 atom stereocenters. The lowest BCUT2D eigenvalue weighted by atomic mass is 10.2. The van der Waals surface area contributed by atoms with E-state index in [2.05, 4.69) is 5.32 Å². The predicted octanol–water partition coefficient (Wildman–Crippen LogP) is 2.70. The van der Waals surface area contributed by atoms with Crippen molar-refractivity contribution in [3.63, 3.8) is 0 Å². The third-order valence-corrected chi connectivity index (χ3v) is 2.93. The highest BCUT2D eigenvalue weighted by Gasteiger charge is 2.05. The number of halogens is 2. The Morgan fingerprint density at radius 1 is 1.38 bits per heavy atom. The molecule has 1 aromatic carbocycles. The average molecular weight is 263 g/mol. The van der Waals surface area contributed by atoms with Gasteiger partial charge in [-0.05, 0) is 24.6 Å². The first kappa shape index (κ1) is 13.6. The van der Waals surface area contributed by atoms with Crippen LogP contribution >= 0.6 is 23.2 Å². The van der Waals surface area contributed by atoms with E-state index in [1.807, 2.05) is 19.1 Å². The van der Waals surface area contributed by atoms with Gasteiger partial charge in [0.05, 0.1) is 21.8 Å². The van der Waals surface area contributed by atoms with Gasteiger partial charge in [0.1, 0.15) is 0 Å². The molecule has 5 heteroatoms. The van der Waals surface area contributed by atoms with Crippen molar-refractivity contribution in [3.05, 3.63) is 27.7 Å². The van der Waals surface area contributed by atoms with Crippen LogP contribution in [-0.4, -0.2) is 19.8 Å². The van der Waals surface area contributed by atoms with Gasteiger partial charge in [0.25, 0.3) is 0 Å². The second kappa shape index (κ2) is 6.30. The Balaban J connectivity index is 2.55. The van der Waals surface area contributed by atoms with Gasteiger partial charge in [-0.15, -0.1) is 0 Å². The Kier molecular flexibility index (Phi) is 5.35. The smallest absolute Gasteiger partial charge is 0.0693 e. The summed E-state index contributed by atoms with van der Waals surface area (Å²) in [7, 11) is 1.68. The van der Waals surface area contributed by atoms with Gasteiger partial charge in [0.2, 0.25) is 0 Å². The van der Waals surface area contributed by atoms with Gasteiger partial charge in [-0.25, -0.2) is 0 Å². The molecular weight excluding hydrogens is 247 g/mol. The number of rotatable bonds is 5. The second-order valence-electron chi connectivity index (χ2n) is 3.65. The molecule has 0 fully saturated rings. The van der Waals surface area contributed by atoms with Crippen molar-refractivity contribution >= 4 is 28.9 Å². The monoisotopic (exact) mass is 262 g/mol. The lowest BCUT2D eigenvalue weighted by molar-refractivity contribution is 0.117. The summed E-state index contributed by atoms with van der Waals surface area (Å²) in [5.74, 6) is 0. The quantitative estimate of drug-likeness (QED) is 0.803. The SMILES string of the molecule is COC(C)CNCc1cc(Cl)c(N)c(Cl)c1. The van der Waals surface area contributed by atoms with Crippen LogP contribution in [0.25, 0.3) is 0 Å². The molecule has 0 spiro atoms. The maximum Gasteiger partial charge on any atom is 0.0693 e. The topological polar surface area (TPSA) is 47.3 Å². The van der Waals surface area contributed by atoms with Gasteiger partial charge >= 0.3 is 0 Å². The summed E-state index contributed by atoms with van der Waals surface area (Å²) >= 11 is 11.9. The molecular formula is C11H16Cl2N2O. The Labute approximate surface area is 106 Å². The maximum atomic E-state index is 5.93. The minimum Gasteiger partial charge on any atom is -0.396 e. The van der Waals surface area contributed by atoms with E-state index in [1.54, 1.807) is 7.11 Å². The molecule has 0 aliphatic rings. The summed E-state index contributed by atoms with van der Waals surface area (Å²) in [6.07, 6.45) is 0.180. The van der Waals surface area contributed by atoms with Crippen molar-refractivity contribution in [3.8, 4) is 0 Å². The number of nitrogens with two attached hydrogens (primary N) is 1. The van der Waals surface area contributed by atoms with Gasteiger partial charge in [0.15, 0.2) is 0 Å². The van der Waals surface area contributed by atoms with Gasteiger partial charge < -0.3 is 15.8 Å². The zero-order valence-electron chi connectivity index (χ0n) is 9.39. The number of hydrogen-bond acceptors (Lipinski definition) is 3. The van der Waals surface area contributed by atoms with Crippen molar-refractivity contribution < 1.29 is 4.74 Å². The van der Waals surface area contributed by atoms with Gasteiger partial charge in [0, 0.05) is 20.2 Å². The van der Waals surface area contributed by atoms with Crippen LogP contribution in [0.2, 0.25) is 10.0 Å². The largest absolute Gasteiger partial charge is 0.396 e. The normalized spacial score (nSPS) is 12.8. The summed E-state index contributed by atoms with van der Waals surface area (Å²) in [5.41, 5.74) is 7.08. The summed E-state index contributed by atoms with van der Waals surface area (Å²) in [6, 6.07) is 3.63. The zero-order chi connectivity index (χ0) is 12.1. The van der Waals surface area contributed by atoms with E-state index in [-0.39, 0.29) is 6.10 Å². The minimum absolute atomic E-state index is 0.180. The van der Waals surface area contributed by atoms with E-state index in [0.29, 0.717) is 22.3 Å². The van der Waals surface area contributed by atoms with Crippen LogP contribution in [0.4, 0.5) is 5.69 Å². The number of nitrogen functional groups attached to an aromatic ring is 1. The van der Waals surface area contributed by atoms with E-state index in [9.17, 15) is 0 Å². The van der Waals surface area contributed by atoms with E-state index in [4.69, 9.17) is 33.7 Å². The first-order valence-electron chi connectivity index (χ1n) is 5.01. The van der Waals surface area contributed by atoms with Crippen molar-refractivity contribution in [2.24, 2.45) is 0 Å². The Morgan fingerprint density at radius 3 is 2.44 bits per heavy atom. The molecule has 1 rings (SSSR count). The van der Waals surface area contributed by atoms with Crippen LogP contribution in [0, 0.1) is 0 Å². The van der Waals surface area contributed by atoms with Crippen molar-refractivity contribution in [1.82, 2.24) is 5.32 Å². The fourth-order valence-electron chi connectivity index (χ4n) is 1.24.